The molecule has 0 amide bonds. The molecule has 0 saturated heterocycles. The van der Waals surface area contributed by atoms with Gasteiger partial charge in [0.15, 0.2) is 5.75 Å². The van der Waals surface area contributed by atoms with Crippen molar-refractivity contribution < 1.29 is 14.8 Å². The summed E-state index contributed by atoms with van der Waals surface area (Å²) in [6, 6.07) is 6.19. The molecule has 1 aromatic carbocycles. The monoisotopic (exact) mass is 211 g/mol. The number of nitro benzene ring substituents is 1. The maximum Gasteiger partial charge on any atom is 0.310 e. The van der Waals surface area contributed by atoms with Crippen LogP contribution in [0.3, 0.4) is 0 Å². The predicted octanol–water partition coefficient (Wildman–Crippen LogP) is 1.60. The van der Waals surface area contributed by atoms with E-state index in [9.17, 15) is 10.1 Å². The molecule has 0 aromatic heterocycles. The van der Waals surface area contributed by atoms with Gasteiger partial charge in [-0.1, -0.05) is 19.1 Å². The van der Waals surface area contributed by atoms with E-state index >= 15 is 0 Å². The van der Waals surface area contributed by atoms with Crippen molar-refractivity contribution >= 4 is 5.69 Å². The van der Waals surface area contributed by atoms with E-state index in [0.717, 1.165) is 0 Å². The highest BCUT2D eigenvalue weighted by molar-refractivity contribution is 5.45. The number of hydrogen-bond donors (Lipinski definition) is 1. The minimum absolute atomic E-state index is 0.000626. The Hall–Kier alpha value is -1.62. The number of para-hydroxylation sites is 2. The average molecular weight is 211 g/mol. The fourth-order valence-corrected chi connectivity index (χ4v) is 1.01. The van der Waals surface area contributed by atoms with E-state index in [-0.39, 0.29) is 30.6 Å². The number of benzene rings is 1. The highest BCUT2D eigenvalue weighted by atomic mass is 16.6. The number of aliphatic hydroxyl groups excluding tert-OH is 1. The molecule has 15 heavy (non-hydrogen) atoms. The van der Waals surface area contributed by atoms with Gasteiger partial charge in [0.05, 0.1) is 11.5 Å². The van der Waals surface area contributed by atoms with Crippen molar-refractivity contribution in [2.75, 3.05) is 13.2 Å². The van der Waals surface area contributed by atoms with Crippen molar-refractivity contribution in [3.63, 3.8) is 0 Å². The molecule has 0 aliphatic heterocycles. The maximum atomic E-state index is 10.6. The van der Waals surface area contributed by atoms with Gasteiger partial charge < -0.3 is 9.84 Å². The maximum absolute atomic E-state index is 10.6. The molecule has 0 saturated carbocycles. The van der Waals surface area contributed by atoms with Crippen molar-refractivity contribution in [2.24, 2.45) is 5.92 Å². The van der Waals surface area contributed by atoms with E-state index in [4.69, 9.17) is 9.84 Å². The second-order valence-corrected chi connectivity index (χ2v) is 3.32. The Balaban J connectivity index is 2.72. The molecule has 1 atom stereocenters. The number of rotatable bonds is 5. The van der Waals surface area contributed by atoms with Gasteiger partial charge in [-0.15, -0.1) is 0 Å². The summed E-state index contributed by atoms with van der Waals surface area (Å²) in [6.45, 7) is 2.07. The van der Waals surface area contributed by atoms with Gasteiger partial charge in [0.2, 0.25) is 0 Å². The third-order valence-electron chi connectivity index (χ3n) is 1.90. The summed E-state index contributed by atoms with van der Waals surface area (Å²) < 4.78 is 5.25. The van der Waals surface area contributed by atoms with Crippen LogP contribution in [0.5, 0.6) is 5.75 Å². The van der Waals surface area contributed by atoms with Crippen LogP contribution in [0.2, 0.25) is 0 Å². The van der Waals surface area contributed by atoms with Gasteiger partial charge in [0, 0.05) is 18.6 Å². The molecule has 5 heteroatoms. The molecule has 0 bridgehead atoms. The summed E-state index contributed by atoms with van der Waals surface area (Å²) in [7, 11) is 0. The molecule has 0 fully saturated rings. The lowest BCUT2D eigenvalue weighted by atomic mass is 10.2. The van der Waals surface area contributed by atoms with Gasteiger partial charge in [0.1, 0.15) is 0 Å². The summed E-state index contributed by atoms with van der Waals surface area (Å²) in [5.41, 5.74) is -0.0531. The summed E-state index contributed by atoms with van der Waals surface area (Å²) in [4.78, 5) is 10.1. The molecule has 82 valence electrons. The summed E-state index contributed by atoms with van der Waals surface area (Å²) in [5, 5.41) is 19.4. The number of nitro groups is 1. The quantitative estimate of drug-likeness (QED) is 0.593. The lowest BCUT2D eigenvalue weighted by Crippen LogP contribution is -2.12. The highest BCUT2D eigenvalue weighted by Gasteiger charge is 2.14. The third-order valence-corrected chi connectivity index (χ3v) is 1.90. The van der Waals surface area contributed by atoms with Crippen LogP contribution in [0, 0.1) is 16.0 Å². The topological polar surface area (TPSA) is 72.6 Å². The SMILES string of the molecule is CC(CO)COc1ccccc1[N+](=O)[O-]. The zero-order valence-corrected chi connectivity index (χ0v) is 8.42. The van der Waals surface area contributed by atoms with E-state index in [1.165, 1.54) is 6.07 Å². The highest BCUT2D eigenvalue weighted by Crippen LogP contribution is 2.25. The molecule has 1 unspecified atom stereocenters. The van der Waals surface area contributed by atoms with Gasteiger partial charge in [-0.25, -0.2) is 0 Å². The predicted molar refractivity (Wildman–Crippen MR) is 54.8 cm³/mol. The molecule has 0 aliphatic rings. The summed E-state index contributed by atoms with van der Waals surface area (Å²) >= 11 is 0. The average Bonchev–Trinajstić information content (AvgIpc) is 2.26. The Labute approximate surface area is 87.5 Å². The second kappa shape index (κ2) is 5.31. The van der Waals surface area contributed by atoms with Crippen molar-refractivity contribution in [3.8, 4) is 5.75 Å². The van der Waals surface area contributed by atoms with Crippen LogP contribution >= 0.6 is 0 Å². The van der Waals surface area contributed by atoms with Crippen molar-refractivity contribution in [2.45, 2.75) is 6.92 Å². The molecular weight excluding hydrogens is 198 g/mol. The van der Waals surface area contributed by atoms with Crippen LogP contribution in [0.1, 0.15) is 6.92 Å². The minimum Gasteiger partial charge on any atom is -0.486 e. The fourth-order valence-electron chi connectivity index (χ4n) is 1.01. The minimum atomic E-state index is -0.487. The Kier molecular flexibility index (Phi) is 4.05. The van der Waals surface area contributed by atoms with E-state index in [1.54, 1.807) is 25.1 Å². The molecule has 0 radical (unpaired) electrons. The molecule has 0 spiro atoms. The van der Waals surface area contributed by atoms with E-state index in [0.29, 0.717) is 0 Å². The lowest BCUT2D eigenvalue weighted by Gasteiger charge is -2.10. The molecule has 0 heterocycles. The Morgan fingerprint density at radius 2 is 2.20 bits per heavy atom. The van der Waals surface area contributed by atoms with Gasteiger partial charge in [0.25, 0.3) is 0 Å². The fraction of sp³-hybridized carbons (Fsp3) is 0.400. The van der Waals surface area contributed by atoms with E-state index in [2.05, 4.69) is 0 Å². The Morgan fingerprint density at radius 1 is 1.53 bits per heavy atom. The van der Waals surface area contributed by atoms with E-state index in [1.807, 2.05) is 0 Å². The van der Waals surface area contributed by atoms with Crippen LogP contribution in [0.25, 0.3) is 0 Å². The first-order valence-corrected chi connectivity index (χ1v) is 4.62. The number of nitrogens with zero attached hydrogens (tertiary/aromatic N) is 1. The lowest BCUT2D eigenvalue weighted by molar-refractivity contribution is -0.385. The number of aliphatic hydroxyl groups is 1. The normalized spacial score (nSPS) is 12.1. The molecule has 1 rings (SSSR count). The van der Waals surface area contributed by atoms with Gasteiger partial charge in [-0.3, -0.25) is 10.1 Å². The first-order chi connectivity index (χ1) is 7.15. The van der Waals surface area contributed by atoms with Crippen LogP contribution in [0.4, 0.5) is 5.69 Å². The Bertz CT molecular complexity index is 340. The smallest absolute Gasteiger partial charge is 0.310 e. The van der Waals surface area contributed by atoms with Crippen molar-refractivity contribution in [1.29, 1.82) is 0 Å². The van der Waals surface area contributed by atoms with E-state index < -0.39 is 4.92 Å². The molecule has 5 nitrogen and oxygen atoms in total. The summed E-state index contributed by atoms with van der Waals surface area (Å²) in [6.07, 6.45) is 0. The van der Waals surface area contributed by atoms with Gasteiger partial charge in [-0.2, -0.15) is 0 Å². The van der Waals surface area contributed by atoms with Crippen LogP contribution < -0.4 is 4.74 Å². The first kappa shape index (κ1) is 11.5. The Morgan fingerprint density at radius 3 is 2.80 bits per heavy atom. The largest absolute Gasteiger partial charge is 0.486 e. The number of hydrogen-bond acceptors (Lipinski definition) is 4. The standard InChI is InChI=1S/C10H13NO4/c1-8(6-12)7-15-10-5-3-2-4-9(10)11(13)14/h2-5,8,12H,6-7H2,1H3. The van der Waals surface area contributed by atoms with Gasteiger partial charge in [-0.05, 0) is 6.07 Å². The zero-order valence-electron chi connectivity index (χ0n) is 8.42. The van der Waals surface area contributed by atoms with Crippen molar-refractivity contribution in [1.82, 2.24) is 0 Å². The van der Waals surface area contributed by atoms with Gasteiger partial charge >= 0.3 is 5.69 Å². The van der Waals surface area contributed by atoms with Crippen LogP contribution in [-0.4, -0.2) is 23.2 Å². The zero-order chi connectivity index (χ0) is 11.3. The molecule has 1 aromatic rings. The third kappa shape index (κ3) is 3.21. The second-order valence-electron chi connectivity index (χ2n) is 3.32. The van der Waals surface area contributed by atoms with Crippen molar-refractivity contribution in [3.05, 3.63) is 34.4 Å². The van der Waals surface area contributed by atoms with Crippen LogP contribution in [0.15, 0.2) is 24.3 Å². The summed E-state index contributed by atoms with van der Waals surface area (Å²) in [5.74, 6) is 0.201. The molecular formula is C10H13NO4. The first-order valence-electron chi connectivity index (χ1n) is 4.62. The molecule has 0 aliphatic carbocycles. The molecule has 1 N–H and O–H groups in total. The van der Waals surface area contributed by atoms with Crippen LogP contribution in [-0.2, 0) is 0 Å². The number of ether oxygens (including phenoxy) is 1.